The van der Waals surface area contributed by atoms with Gasteiger partial charge in [0.15, 0.2) is 13.5 Å². The van der Waals surface area contributed by atoms with E-state index in [1.807, 2.05) is 72.8 Å². The first kappa shape index (κ1) is 72.5. The molecule has 2 saturated heterocycles. The Morgan fingerprint density at radius 2 is 0.778 bits per heavy atom. The number of aryl methyl sites for hydroxylation is 2. The van der Waals surface area contributed by atoms with Crippen molar-refractivity contribution < 1.29 is 38.1 Å². The van der Waals surface area contributed by atoms with E-state index < -0.39 is 0 Å². The number of rotatable bonds is 38. The van der Waals surface area contributed by atoms with E-state index in [0.717, 1.165) is 175 Å². The number of anilines is 4. The third kappa shape index (κ3) is 24.5. The zero-order valence-corrected chi connectivity index (χ0v) is 57.1. The lowest BCUT2D eigenvalue weighted by Gasteiger charge is -2.36. The number of nitrogens with zero attached hydrogens (tertiary/aromatic N) is 6. The van der Waals surface area contributed by atoms with Crippen molar-refractivity contribution >= 4 is 92.9 Å². The maximum absolute atomic E-state index is 12.8. The summed E-state index contributed by atoms with van der Waals surface area (Å²) in [5.74, 6) is 0.962. The second-order valence-corrected chi connectivity index (χ2v) is 26.2. The molecule has 0 aliphatic carbocycles. The highest BCUT2D eigenvalue weighted by Crippen LogP contribution is 2.36. The lowest BCUT2D eigenvalue weighted by molar-refractivity contribution is -0.145. The van der Waals surface area contributed by atoms with Gasteiger partial charge in [0, 0.05) is 90.2 Å². The normalized spacial score (nSPS) is 15.3. The fraction of sp³-hybridized carbons (Fsp3) is 0.611. The number of fused-ring (bicyclic) bond motifs is 2. The third-order valence-corrected chi connectivity index (χ3v) is 19.4. The van der Waals surface area contributed by atoms with Gasteiger partial charge in [-0.15, -0.1) is 0 Å². The van der Waals surface area contributed by atoms with Crippen LogP contribution in [-0.4, -0.2) is 126 Å². The molecule has 0 spiro atoms. The SMILES string of the molecule is CCCCCCCCCCCC(=O)OCN1C(=O)CCc2ccc(OCCCCN3CCN(c4cccc(Cl)c4Cl)CC3)cc21.CCCCCCCCCCCC(=O)OCN1C(=O)CCc2ccc(OCCCCN3CCN(c4cccc(Cl)c4Cl)CC3)cc21. The minimum absolute atomic E-state index is 0.0201. The maximum Gasteiger partial charge on any atom is 0.307 e. The van der Waals surface area contributed by atoms with Crippen molar-refractivity contribution in [2.24, 2.45) is 0 Å². The van der Waals surface area contributed by atoms with Gasteiger partial charge in [0.1, 0.15) is 11.5 Å². The molecule has 8 rings (SSSR count). The molecule has 0 bridgehead atoms. The van der Waals surface area contributed by atoms with Gasteiger partial charge in [0.25, 0.3) is 0 Å². The lowest BCUT2D eigenvalue weighted by atomic mass is 10.0. The molecular formula is C72H102Cl4N6O8. The van der Waals surface area contributed by atoms with Gasteiger partial charge in [0.2, 0.25) is 11.8 Å². The minimum Gasteiger partial charge on any atom is -0.494 e. The van der Waals surface area contributed by atoms with Gasteiger partial charge in [0.05, 0.1) is 56.1 Å². The first-order chi connectivity index (χ1) is 43.9. The van der Waals surface area contributed by atoms with E-state index in [2.05, 4.69) is 33.4 Å². The van der Waals surface area contributed by atoms with Crippen LogP contribution in [0.4, 0.5) is 22.7 Å². The number of piperazine rings is 2. The summed E-state index contributed by atoms with van der Waals surface area (Å²) in [6.07, 6.45) is 28.6. The van der Waals surface area contributed by atoms with E-state index >= 15 is 0 Å². The summed E-state index contributed by atoms with van der Waals surface area (Å²) in [5.41, 5.74) is 5.75. The molecule has 2 fully saturated rings. The average molecular weight is 1320 g/mol. The van der Waals surface area contributed by atoms with Gasteiger partial charge in [-0.2, -0.15) is 0 Å². The highest BCUT2D eigenvalue weighted by molar-refractivity contribution is 6.44. The predicted octanol–water partition coefficient (Wildman–Crippen LogP) is 17.4. The summed E-state index contributed by atoms with van der Waals surface area (Å²) in [6.45, 7) is 15.3. The van der Waals surface area contributed by atoms with Gasteiger partial charge >= 0.3 is 11.9 Å². The van der Waals surface area contributed by atoms with E-state index in [9.17, 15) is 19.2 Å². The molecule has 0 aromatic heterocycles. The second kappa shape index (κ2) is 40.9. The van der Waals surface area contributed by atoms with E-state index in [1.54, 1.807) is 9.80 Å². The third-order valence-electron chi connectivity index (χ3n) is 17.8. The summed E-state index contributed by atoms with van der Waals surface area (Å²) >= 11 is 25.2. The molecule has 496 valence electrons. The molecule has 4 aromatic carbocycles. The number of unbranched alkanes of at least 4 members (excludes halogenated alkanes) is 18. The quantitative estimate of drug-likeness (QED) is 0.0313. The number of ether oxygens (including phenoxy) is 4. The molecule has 4 aliphatic heterocycles. The Labute approximate surface area is 558 Å². The van der Waals surface area contributed by atoms with Crippen molar-refractivity contribution in [3.8, 4) is 11.5 Å². The van der Waals surface area contributed by atoms with Crippen molar-refractivity contribution in [1.82, 2.24) is 9.80 Å². The highest BCUT2D eigenvalue weighted by Gasteiger charge is 2.28. The molecule has 4 aliphatic rings. The standard InChI is InChI=1S/2C36H51Cl2N3O4/c2*1-2-3-4-5-6-7-8-9-10-16-35(43)45-28-41-33-27-30(19-17-29(33)18-20-34(41)42)44-26-12-11-21-39-22-24-40(25-23-39)32-15-13-14-31(37)36(32)38/h2*13-15,17,19,27H,2-12,16,18,20-26,28H2,1H3. The topological polar surface area (TPSA) is 125 Å². The molecule has 0 N–H and O–H groups in total. The van der Waals surface area contributed by atoms with Crippen LogP contribution in [0, 0.1) is 0 Å². The fourth-order valence-corrected chi connectivity index (χ4v) is 13.1. The predicted molar refractivity (Wildman–Crippen MR) is 370 cm³/mol. The number of carbonyl (C=O) groups is 4. The Bertz CT molecular complexity index is 2620. The van der Waals surface area contributed by atoms with Crippen LogP contribution in [0.2, 0.25) is 20.1 Å². The fourth-order valence-electron chi connectivity index (χ4n) is 12.2. The van der Waals surface area contributed by atoms with E-state index in [-0.39, 0.29) is 37.2 Å². The monoisotopic (exact) mass is 1320 g/mol. The Balaban J connectivity index is 0.000000256. The molecule has 0 atom stereocenters. The Kier molecular flexibility index (Phi) is 32.9. The van der Waals surface area contributed by atoms with Crippen LogP contribution in [0.3, 0.4) is 0 Å². The Morgan fingerprint density at radius 3 is 1.16 bits per heavy atom. The number of halogens is 4. The maximum atomic E-state index is 12.8. The van der Waals surface area contributed by atoms with Crippen molar-refractivity contribution in [3.05, 3.63) is 104 Å². The summed E-state index contributed by atoms with van der Waals surface area (Å²) < 4.78 is 23.2. The van der Waals surface area contributed by atoms with Gasteiger partial charge in [-0.3, -0.25) is 38.8 Å². The number of hydrogen-bond donors (Lipinski definition) is 0. The molecule has 90 heavy (non-hydrogen) atoms. The van der Waals surface area contributed by atoms with Crippen LogP contribution in [0.25, 0.3) is 0 Å². The van der Waals surface area contributed by atoms with Crippen LogP contribution < -0.4 is 29.1 Å². The Hall–Kier alpha value is -4.96. The zero-order valence-electron chi connectivity index (χ0n) is 54.1. The van der Waals surface area contributed by atoms with Crippen LogP contribution in [0.5, 0.6) is 11.5 Å². The van der Waals surface area contributed by atoms with Crippen molar-refractivity contribution in [2.45, 2.75) is 194 Å². The van der Waals surface area contributed by atoms with Gasteiger partial charge in [-0.05, 0) is 112 Å². The second-order valence-electron chi connectivity index (χ2n) is 24.6. The van der Waals surface area contributed by atoms with E-state index in [0.29, 0.717) is 71.8 Å². The molecule has 2 amide bonds. The van der Waals surface area contributed by atoms with E-state index in [1.165, 1.54) is 77.0 Å². The molecule has 18 heteroatoms. The lowest BCUT2D eigenvalue weighted by Crippen LogP contribution is -2.46. The van der Waals surface area contributed by atoms with Crippen LogP contribution in [0.15, 0.2) is 72.8 Å². The summed E-state index contributed by atoms with van der Waals surface area (Å²) in [4.78, 5) is 63.1. The molecule has 0 unspecified atom stereocenters. The van der Waals surface area contributed by atoms with Gasteiger partial charge in [-0.1, -0.05) is 187 Å². The molecule has 4 heterocycles. The molecular weight excluding hydrogens is 1220 g/mol. The average Bonchev–Trinajstić information content (AvgIpc) is 2.29. The van der Waals surface area contributed by atoms with Crippen LogP contribution >= 0.6 is 46.4 Å². The number of benzene rings is 4. The first-order valence-electron chi connectivity index (χ1n) is 34.2. The smallest absolute Gasteiger partial charge is 0.307 e. The first-order valence-corrected chi connectivity index (χ1v) is 35.7. The van der Waals surface area contributed by atoms with Crippen LogP contribution in [0.1, 0.15) is 192 Å². The zero-order chi connectivity index (χ0) is 63.7. The largest absolute Gasteiger partial charge is 0.494 e. The summed E-state index contributed by atoms with van der Waals surface area (Å²) in [5, 5.41) is 2.45. The minimum atomic E-state index is -0.236. The highest BCUT2D eigenvalue weighted by atomic mass is 35.5. The molecule has 0 radical (unpaired) electrons. The van der Waals surface area contributed by atoms with Gasteiger partial charge < -0.3 is 28.7 Å². The molecule has 4 aromatic rings. The van der Waals surface area contributed by atoms with Crippen molar-refractivity contribution in [3.63, 3.8) is 0 Å². The summed E-state index contributed by atoms with van der Waals surface area (Å²) in [6, 6.07) is 23.4. The summed E-state index contributed by atoms with van der Waals surface area (Å²) in [7, 11) is 0. The van der Waals surface area contributed by atoms with Gasteiger partial charge in [-0.25, -0.2) is 0 Å². The number of esters is 2. The van der Waals surface area contributed by atoms with Crippen molar-refractivity contribution in [2.75, 3.05) is 112 Å². The Morgan fingerprint density at radius 1 is 0.411 bits per heavy atom. The number of amides is 2. The van der Waals surface area contributed by atoms with Crippen LogP contribution in [-0.2, 0) is 41.5 Å². The van der Waals surface area contributed by atoms with E-state index in [4.69, 9.17) is 65.4 Å². The number of hydrogen-bond acceptors (Lipinski definition) is 12. The van der Waals surface area contributed by atoms with Crippen molar-refractivity contribution in [1.29, 1.82) is 0 Å². The molecule has 0 saturated carbocycles. The molecule has 14 nitrogen and oxygen atoms in total. The number of carbonyl (C=O) groups excluding carboxylic acids is 4.